The zero-order valence-corrected chi connectivity index (χ0v) is 18.0. The molecule has 0 fully saturated rings. The van der Waals surface area contributed by atoms with Crippen LogP contribution in [0.5, 0.6) is 0 Å². The predicted molar refractivity (Wildman–Crippen MR) is 120 cm³/mol. The SMILES string of the molecule is CC(C)CC1=NN2C(=N)/C(=C\c3cccn3-c3cccc(Cl)c3Cl)C(=O)N=C2S1. The van der Waals surface area contributed by atoms with Gasteiger partial charge in [-0.15, -0.1) is 0 Å². The Labute approximate surface area is 182 Å². The molecule has 0 unspecified atom stereocenters. The number of hydrogen-bond donors (Lipinski definition) is 1. The monoisotopic (exact) mass is 445 g/mol. The van der Waals surface area contributed by atoms with Crippen LogP contribution < -0.4 is 0 Å². The number of thioether (sulfide) groups is 1. The number of benzene rings is 1. The minimum atomic E-state index is -0.459. The molecule has 2 aliphatic rings. The number of nitrogens with one attached hydrogen (secondary N) is 1. The van der Waals surface area contributed by atoms with Crippen LogP contribution in [0.15, 0.2) is 52.2 Å². The van der Waals surface area contributed by atoms with Crippen LogP contribution in [0.1, 0.15) is 26.0 Å². The number of amidine groups is 2. The van der Waals surface area contributed by atoms with Crippen LogP contribution in [0.25, 0.3) is 11.8 Å². The number of carbonyl (C=O) groups excluding carboxylic acids is 1. The zero-order chi connectivity index (χ0) is 20.7. The van der Waals surface area contributed by atoms with Gasteiger partial charge in [-0.2, -0.15) is 15.1 Å². The standard InChI is InChI=1S/C20H17Cl2N5OS/c1-11(2)9-16-25-27-18(23)13(19(28)24-20(27)29-16)10-12-5-4-8-26(12)15-7-3-6-14(21)17(15)22/h3-8,10-11,23H,9H2,1-2H3/b13-10+,23-18?. The first-order chi connectivity index (χ1) is 13.8. The molecule has 9 heteroatoms. The lowest BCUT2D eigenvalue weighted by Crippen LogP contribution is -2.35. The maximum atomic E-state index is 12.6. The lowest BCUT2D eigenvalue weighted by molar-refractivity contribution is -0.114. The quantitative estimate of drug-likeness (QED) is 0.635. The Balaban J connectivity index is 1.71. The molecule has 2 aromatic rings. The summed E-state index contributed by atoms with van der Waals surface area (Å²) in [7, 11) is 0. The fourth-order valence-electron chi connectivity index (χ4n) is 3.02. The van der Waals surface area contributed by atoms with Gasteiger partial charge in [-0.05, 0) is 48.0 Å². The Morgan fingerprint density at radius 1 is 1.24 bits per heavy atom. The van der Waals surface area contributed by atoms with Crippen LogP contribution in [0.2, 0.25) is 10.0 Å². The van der Waals surface area contributed by atoms with Gasteiger partial charge < -0.3 is 4.57 Å². The molecule has 1 aromatic heterocycles. The van der Waals surface area contributed by atoms with E-state index in [0.717, 1.165) is 11.5 Å². The number of hydrazone groups is 1. The molecule has 29 heavy (non-hydrogen) atoms. The second-order valence-electron chi connectivity index (χ2n) is 6.99. The molecule has 1 N–H and O–H groups in total. The van der Waals surface area contributed by atoms with E-state index in [2.05, 4.69) is 23.9 Å². The maximum Gasteiger partial charge on any atom is 0.283 e. The van der Waals surface area contributed by atoms with Gasteiger partial charge in [-0.25, -0.2) is 0 Å². The van der Waals surface area contributed by atoms with Gasteiger partial charge in [0.2, 0.25) is 5.17 Å². The fourth-order valence-corrected chi connectivity index (χ4v) is 4.50. The van der Waals surface area contributed by atoms with Crippen LogP contribution in [-0.2, 0) is 4.79 Å². The van der Waals surface area contributed by atoms with Crippen molar-refractivity contribution in [3.63, 3.8) is 0 Å². The summed E-state index contributed by atoms with van der Waals surface area (Å²) in [6, 6.07) is 9.01. The van der Waals surface area contributed by atoms with E-state index in [1.165, 1.54) is 16.8 Å². The topological polar surface area (TPSA) is 73.8 Å². The van der Waals surface area contributed by atoms with Crippen molar-refractivity contribution in [3.8, 4) is 5.69 Å². The summed E-state index contributed by atoms with van der Waals surface area (Å²) in [5, 5.41) is 16.5. The molecule has 148 valence electrons. The van der Waals surface area contributed by atoms with Crippen LogP contribution in [0.3, 0.4) is 0 Å². The number of fused-ring (bicyclic) bond motifs is 1. The average Bonchev–Trinajstić information content (AvgIpc) is 3.27. The van der Waals surface area contributed by atoms with E-state index in [1.807, 2.05) is 29.0 Å². The average molecular weight is 446 g/mol. The highest BCUT2D eigenvalue weighted by atomic mass is 35.5. The first-order valence-electron chi connectivity index (χ1n) is 8.96. The molecule has 3 heterocycles. The highest BCUT2D eigenvalue weighted by Crippen LogP contribution is 2.32. The van der Waals surface area contributed by atoms with Gasteiger partial charge in [0.15, 0.2) is 5.84 Å². The molecule has 0 saturated carbocycles. The molecular formula is C20H17Cl2N5OS. The Morgan fingerprint density at radius 2 is 2.03 bits per heavy atom. The molecule has 1 amide bonds. The molecular weight excluding hydrogens is 429 g/mol. The molecule has 0 atom stereocenters. The van der Waals surface area contributed by atoms with Gasteiger partial charge in [-0.3, -0.25) is 10.2 Å². The van der Waals surface area contributed by atoms with Crippen molar-refractivity contribution in [1.29, 1.82) is 5.41 Å². The molecule has 6 nitrogen and oxygen atoms in total. The van der Waals surface area contributed by atoms with Crippen molar-refractivity contribution in [1.82, 2.24) is 9.58 Å². The summed E-state index contributed by atoms with van der Waals surface area (Å²) in [5.41, 5.74) is 1.53. The first kappa shape index (κ1) is 19.9. The van der Waals surface area contributed by atoms with Crippen LogP contribution in [-0.4, -0.2) is 31.5 Å². The lowest BCUT2D eigenvalue weighted by Gasteiger charge is -2.20. The van der Waals surface area contributed by atoms with E-state index in [9.17, 15) is 4.79 Å². The van der Waals surface area contributed by atoms with Gasteiger partial charge in [0, 0.05) is 18.3 Å². The first-order valence-corrected chi connectivity index (χ1v) is 10.5. The Kier molecular flexibility index (Phi) is 5.38. The number of aromatic nitrogens is 1. The molecule has 0 aliphatic carbocycles. The van der Waals surface area contributed by atoms with Crippen LogP contribution >= 0.6 is 35.0 Å². The molecule has 0 saturated heterocycles. The Bertz CT molecular complexity index is 1120. The van der Waals surface area contributed by atoms with Gasteiger partial charge >= 0.3 is 0 Å². The number of nitrogens with zero attached hydrogens (tertiary/aromatic N) is 4. The largest absolute Gasteiger partial charge is 0.316 e. The van der Waals surface area contributed by atoms with E-state index >= 15 is 0 Å². The van der Waals surface area contributed by atoms with Crippen molar-refractivity contribution < 1.29 is 4.79 Å². The molecule has 0 bridgehead atoms. The summed E-state index contributed by atoms with van der Waals surface area (Å²) in [6.07, 6.45) is 4.22. The van der Waals surface area contributed by atoms with Gasteiger partial charge in [0.25, 0.3) is 5.91 Å². The second kappa shape index (κ2) is 7.82. The molecule has 1 aromatic carbocycles. The normalized spacial score (nSPS) is 17.8. The van der Waals surface area contributed by atoms with Crippen molar-refractivity contribution in [3.05, 3.63) is 57.8 Å². The highest BCUT2D eigenvalue weighted by molar-refractivity contribution is 8.26. The smallest absolute Gasteiger partial charge is 0.283 e. The summed E-state index contributed by atoms with van der Waals surface area (Å²) in [5.74, 6) is -0.0234. The van der Waals surface area contributed by atoms with Crippen molar-refractivity contribution in [2.24, 2.45) is 16.0 Å². The highest BCUT2D eigenvalue weighted by Gasteiger charge is 2.35. The number of hydrogen-bond acceptors (Lipinski definition) is 4. The van der Waals surface area contributed by atoms with Gasteiger partial charge in [0.1, 0.15) is 5.04 Å². The summed E-state index contributed by atoms with van der Waals surface area (Å²) in [6.45, 7) is 4.19. The number of carbonyl (C=O) groups is 1. The molecule has 0 spiro atoms. The van der Waals surface area contributed by atoms with E-state index in [0.29, 0.717) is 32.5 Å². The lowest BCUT2D eigenvalue weighted by atomic mass is 10.1. The second-order valence-corrected chi connectivity index (χ2v) is 8.81. The van der Waals surface area contributed by atoms with E-state index < -0.39 is 5.91 Å². The molecule has 4 rings (SSSR count). The molecule has 2 aliphatic heterocycles. The number of rotatable bonds is 4. The fraction of sp³-hybridized carbons (Fsp3) is 0.200. The molecule has 0 radical (unpaired) electrons. The third kappa shape index (κ3) is 3.77. The zero-order valence-electron chi connectivity index (χ0n) is 15.7. The van der Waals surface area contributed by atoms with Crippen LogP contribution in [0, 0.1) is 11.3 Å². The summed E-state index contributed by atoms with van der Waals surface area (Å²) >= 11 is 13.8. The van der Waals surface area contributed by atoms with E-state index in [1.54, 1.807) is 18.2 Å². The van der Waals surface area contributed by atoms with Crippen LogP contribution in [0.4, 0.5) is 0 Å². The number of aliphatic imine (C=N–C) groups is 1. The third-order valence-corrected chi connectivity index (χ3v) is 6.08. The van der Waals surface area contributed by atoms with Gasteiger partial charge in [0.05, 0.1) is 21.3 Å². The predicted octanol–water partition coefficient (Wildman–Crippen LogP) is 5.45. The summed E-state index contributed by atoms with van der Waals surface area (Å²) < 4.78 is 1.81. The van der Waals surface area contributed by atoms with E-state index in [-0.39, 0.29) is 11.4 Å². The van der Waals surface area contributed by atoms with Crippen molar-refractivity contribution in [2.75, 3.05) is 0 Å². The Morgan fingerprint density at radius 3 is 2.79 bits per heavy atom. The number of halogens is 2. The van der Waals surface area contributed by atoms with Crippen molar-refractivity contribution >= 4 is 63.0 Å². The number of amides is 1. The Hall–Kier alpha value is -2.35. The minimum Gasteiger partial charge on any atom is -0.316 e. The minimum absolute atomic E-state index is 0.0104. The van der Waals surface area contributed by atoms with Gasteiger partial charge in [-0.1, -0.05) is 43.1 Å². The summed E-state index contributed by atoms with van der Waals surface area (Å²) in [4.78, 5) is 16.8. The third-order valence-electron chi connectivity index (χ3n) is 4.34. The maximum absolute atomic E-state index is 12.6. The van der Waals surface area contributed by atoms with E-state index in [4.69, 9.17) is 28.6 Å². The van der Waals surface area contributed by atoms with Crippen molar-refractivity contribution in [2.45, 2.75) is 20.3 Å².